The van der Waals surface area contributed by atoms with Crippen LogP contribution in [-0.2, 0) is 11.2 Å². The van der Waals surface area contributed by atoms with Gasteiger partial charge in [-0.2, -0.15) is 0 Å². The van der Waals surface area contributed by atoms with Crippen LogP contribution in [-0.4, -0.2) is 38.0 Å². The second-order valence-corrected chi connectivity index (χ2v) is 4.47. The van der Waals surface area contributed by atoms with Crippen LogP contribution >= 0.6 is 0 Å². The van der Waals surface area contributed by atoms with Gasteiger partial charge in [-0.1, -0.05) is 18.1 Å². The van der Waals surface area contributed by atoms with Crippen molar-refractivity contribution >= 4 is 11.9 Å². The number of terminal acetylenes is 1. The van der Waals surface area contributed by atoms with Gasteiger partial charge in [-0.15, -0.1) is 6.42 Å². The Kier molecular flexibility index (Phi) is 8.13. The van der Waals surface area contributed by atoms with Gasteiger partial charge in [0.15, 0.2) is 5.96 Å². The summed E-state index contributed by atoms with van der Waals surface area (Å²) in [4.78, 5) is 16.0. The number of nitrogens with one attached hydrogen (secondary N) is 3. The summed E-state index contributed by atoms with van der Waals surface area (Å²) >= 11 is 0. The number of benzene rings is 1. The lowest BCUT2D eigenvalue weighted by Gasteiger charge is -2.09. The number of carbonyl (C=O) groups excluding carboxylic acids is 1. The molecule has 6 heteroatoms. The van der Waals surface area contributed by atoms with E-state index in [1.54, 1.807) is 12.1 Å². The van der Waals surface area contributed by atoms with Crippen molar-refractivity contribution in [2.24, 2.45) is 4.99 Å². The number of aliphatic imine (C=N–C) groups is 1. The summed E-state index contributed by atoms with van der Waals surface area (Å²) in [7, 11) is 0. The Morgan fingerprint density at radius 2 is 2.00 bits per heavy atom. The smallest absolute Gasteiger partial charge is 0.224 e. The first-order valence-electron chi connectivity index (χ1n) is 7.12. The predicted molar refractivity (Wildman–Crippen MR) is 85.9 cm³/mol. The number of carbonyl (C=O) groups is 1. The highest BCUT2D eigenvalue weighted by molar-refractivity contribution is 5.80. The molecule has 0 heterocycles. The maximum absolute atomic E-state index is 12.8. The molecule has 0 saturated carbocycles. The highest BCUT2D eigenvalue weighted by atomic mass is 19.1. The maximum atomic E-state index is 12.8. The lowest BCUT2D eigenvalue weighted by atomic mass is 10.1. The number of halogens is 1. The average molecular weight is 304 g/mol. The molecule has 0 aromatic heterocycles. The Labute approximate surface area is 130 Å². The number of rotatable bonds is 7. The van der Waals surface area contributed by atoms with Gasteiger partial charge in [0.2, 0.25) is 5.91 Å². The molecule has 0 radical (unpaired) electrons. The fourth-order valence-electron chi connectivity index (χ4n) is 1.69. The first-order chi connectivity index (χ1) is 10.7. The van der Waals surface area contributed by atoms with Gasteiger partial charge >= 0.3 is 0 Å². The van der Waals surface area contributed by atoms with Gasteiger partial charge in [-0.25, -0.2) is 4.39 Å². The normalized spacial score (nSPS) is 10.7. The van der Waals surface area contributed by atoms with Crippen LogP contribution < -0.4 is 16.0 Å². The summed E-state index contributed by atoms with van der Waals surface area (Å²) in [5.74, 6) is 2.65. The van der Waals surface area contributed by atoms with Crippen LogP contribution in [0.1, 0.15) is 12.5 Å². The van der Waals surface area contributed by atoms with E-state index in [9.17, 15) is 9.18 Å². The monoisotopic (exact) mass is 304 g/mol. The van der Waals surface area contributed by atoms with Crippen molar-refractivity contribution in [2.75, 3.05) is 26.2 Å². The molecular weight excluding hydrogens is 283 g/mol. The van der Waals surface area contributed by atoms with Crippen LogP contribution in [0.4, 0.5) is 4.39 Å². The number of guanidine groups is 1. The van der Waals surface area contributed by atoms with Gasteiger partial charge in [0.05, 0.1) is 19.5 Å². The third kappa shape index (κ3) is 7.29. The lowest BCUT2D eigenvalue weighted by molar-refractivity contribution is -0.120. The Hall–Kier alpha value is -2.55. The molecule has 3 N–H and O–H groups in total. The summed E-state index contributed by atoms with van der Waals surface area (Å²) < 4.78 is 12.8. The van der Waals surface area contributed by atoms with Gasteiger partial charge in [0.1, 0.15) is 5.82 Å². The van der Waals surface area contributed by atoms with E-state index >= 15 is 0 Å². The second-order valence-electron chi connectivity index (χ2n) is 4.47. The van der Waals surface area contributed by atoms with E-state index in [1.165, 1.54) is 12.1 Å². The summed E-state index contributed by atoms with van der Waals surface area (Å²) in [5, 5.41) is 8.77. The minimum absolute atomic E-state index is 0.122. The fraction of sp³-hybridized carbons (Fsp3) is 0.375. The Morgan fingerprint density at radius 3 is 2.64 bits per heavy atom. The van der Waals surface area contributed by atoms with E-state index in [0.717, 1.165) is 12.1 Å². The average Bonchev–Trinajstić information content (AvgIpc) is 2.51. The molecule has 1 rings (SSSR count). The molecule has 0 atom stereocenters. The van der Waals surface area contributed by atoms with Gasteiger partial charge in [-0.05, 0) is 24.6 Å². The molecular formula is C16H21FN4O. The van der Waals surface area contributed by atoms with Crippen molar-refractivity contribution in [3.63, 3.8) is 0 Å². The molecule has 1 amide bonds. The van der Waals surface area contributed by atoms with Gasteiger partial charge in [-0.3, -0.25) is 9.79 Å². The summed E-state index contributed by atoms with van der Waals surface area (Å²) in [6.07, 6.45) is 5.40. The topological polar surface area (TPSA) is 65.5 Å². The maximum Gasteiger partial charge on any atom is 0.224 e. The fourth-order valence-corrected chi connectivity index (χ4v) is 1.69. The third-order valence-electron chi connectivity index (χ3n) is 2.68. The van der Waals surface area contributed by atoms with Crippen LogP contribution in [0.2, 0.25) is 0 Å². The summed E-state index contributed by atoms with van der Waals surface area (Å²) in [5.41, 5.74) is 0.770. The zero-order chi connectivity index (χ0) is 16.2. The minimum Gasteiger partial charge on any atom is -0.357 e. The largest absolute Gasteiger partial charge is 0.357 e. The van der Waals surface area contributed by atoms with Crippen molar-refractivity contribution in [2.45, 2.75) is 13.3 Å². The van der Waals surface area contributed by atoms with E-state index in [-0.39, 0.29) is 18.1 Å². The Bertz CT molecular complexity index is 534. The SMILES string of the molecule is C#CCNC(=NCCNC(=O)Cc1ccc(F)cc1)NCC. The van der Waals surface area contributed by atoms with E-state index in [1.807, 2.05) is 6.92 Å². The van der Waals surface area contributed by atoms with Crippen LogP contribution in [0.15, 0.2) is 29.3 Å². The molecule has 0 aliphatic rings. The van der Waals surface area contributed by atoms with Crippen molar-refractivity contribution in [1.29, 1.82) is 0 Å². The van der Waals surface area contributed by atoms with Crippen LogP contribution in [0, 0.1) is 18.2 Å². The Morgan fingerprint density at radius 1 is 1.27 bits per heavy atom. The number of hydrogen-bond donors (Lipinski definition) is 3. The van der Waals surface area contributed by atoms with Gasteiger partial charge in [0.25, 0.3) is 0 Å². The molecule has 0 unspecified atom stereocenters. The highest BCUT2D eigenvalue weighted by Crippen LogP contribution is 2.03. The van der Waals surface area contributed by atoms with E-state index in [0.29, 0.717) is 25.6 Å². The molecule has 0 spiro atoms. The first-order valence-corrected chi connectivity index (χ1v) is 7.12. The summed E-state index contributed by atoms with van der Waals surface area (Å²) in [6, 6.07) is 5.87. The highest BCUT2D eigenvalue weighted by Gasteiger charge is 2.03. The van der Waals surface area contributed by atoms with Crippen LogP contribution in [0.25, 0.3) is 0 Å². The van der Waals surface area contributed by atoms with Crippen molar-refractivity contribution in [3.8, 4) is 12.3 Å². The minimum atomic E-state index is -0.311. The van der Waals surface area contributed by atoms with E-state index in [4.69, 9.17) is 6.42 Å². The zero-order valence-corrected chi connectivity index (χ0v) is 12.7. The van der Waals surface area contributed by atoms with Crippen molar-refractivity contribution in [1.82, 2.24) is 16.0 Å². The molecule has 1 aromatic carbocycles. The molecule has 0 aliphatic carbocycles. The quantitative estimate of drug-likeness (QED) is 0.300. The van der Waals surface area contributed by atoms with Gasteiger partial charge in [0, 0.05) is 13.1 Å². The number of nitrogens with zero attached hydrogens (tertiary/aromatic N) is 1. The van der Waals surface area contributed by atoms with Crippen LogP contribution in [0.5, 0.6) is 0 Å². The van der Waals surface area contributed by atoms with Crippen LogP contribution in [0.3, 0.4) is 0 Å². The molecule has 1 aromatic rings. The standard InChI is InChI=1S/C16H21FN4O/c1-3-9-20-16(18-4-2)21-11-10-19-15(22)12-13-5-7-14(17)8-6-13/h1,5-8H,4,9-12H2,2H3,(H,19,22)(H2,18,20,21). The molecule has 0 bridgehead atoms. The number of amides is 1. The molecule has 22 heavy (non-hydrogen) atoms. The number of hydrogen-bond acceptors (Lipinski definition) is 2. The molecule has 5 nitrogen and oxygen atoms in total. The lowest BCUT2D eigenvalue weighted by Crippen LogP contribution is -2.38. The van der Waals surface area contributed by atoms with E-state index in [2.05, 4.69) is 26.9 Å². The molecule has 0 fully saturated rings. The molecule has 0 aliphatic heterocycles. The van der Waals surface area contributed by atoms with Crippen molar-refractivity contribution < 1.29 is 9.18 Å². The molecule has 0 saturated heterocycles. The van der Waals surface area contributed by atoms with E-state index < -0.39 is 0 Å². The predicted octanol–water partition coefficient (Wildman–Crippen LogP) is 0.673. The third-order valence-corrected chi connectivity index (χ3v) is 2.68. The van der Waals surface area contributed by atoms with Crippen molar-refractivity contribution in [3.05, 3.63) is 35.6 Å². The zero-order valence-electron chi connectivity index (χ0n) is 12.7. The Balaban J connectivity index is 2.31. The summed E-state index contributed by atoms with van der Waals surface area (Å²) in [6.45, 7) is 3.94. The van der Waals surface area contributed by atoms with Gasteiger partial charge < -0.3 is 16.0 Å². The second kappa shape index (κ2) is 10.2. The first kappa shape index (κ1) is 17.5. The molecule has 118 valence electrons.